The lowest BCUT2D eigenvalue weighted by Crippen LogP contribution is -2.40. The van der Waals surface area contributed by atoms with E-state index < -0.39 is 10.0 Å². The molecule has 1 aliphatic heterocycles. The summed E-state index contributed by atoms with van der Waals surface area (Å²) in [7, 11) is -3.56. The van der Waals surface area contributed by atoms with Gasteiger partial charge in [-0.05, 0) is 18.2 Å². The first-order valence-electron chi connectivity index (χ1n) is 7.05. The Balaban J connectivity index is 1.86. The summed E-state index contributed by atoms with van der Waals surface area (Å²) in [6.45, 7) is 1.52. The number of sulfonamides is 1. The van der Waals surface area contributed by atoms with Gasteiger partial charge >= 0.3 is 0 Å². The van der Waals surface area contributed by atoms with Crippen molar-refractivity contribution in [3.8, 4) is 0 Å². The topological polar surface area (TPSA) is 127 Å². The number of nitrogen functional groups attached to an aromatic ring is 1. The van der Waals surface area contributed by atoms with Gasteiger partial charge in [0.05, 0.1) is 18.1 Å². The highest BCUT2D eigenvalue weighted by atomic mass is 32.2. The van der Waals surface area contributed by atoms with Crippen LogP contribution in [0, 0.1) is 0 Å². The molecule has 4 rings (SSSR count). The molecule has 3 aromatic rings. The van der Waals surface area contributed by atoms with Crippen molar-refractivity contribution in [2.24, 2.45) is 0 Å². The summed E-state index contributed by atoms with van der Waals surface area (Å²) in [5.74, 6) is 0.0604. The highest BCUT2D eigenvalue weighted by Gasteiger charge is 2.26. The number of benzene rings is 1. The highest BCUT2D eigenvalue weighted by Crippen LogP contribution is 2.26. The van der Waals surface area contributed by atoms with E-state index in [4.69, 9.17) is 10.5 Å². The van der Waals surface area contributed by atoms with Crippen LogP contribution in [0.15, 0.2) is 23.1 Å². The maximum Gasteiger partial charge on any atom is 0.243 e. The number of ether oxygens (including phenoxy) is 1. The lowest BCUT2D eigenvalue weighted by Gasteiger charge is -2.26. The number of rotatable bonds is 2. The molecule has 1 aromatic carbocycles. The van der Waals surface area contributed by atoms with Crippen molar-refractivity contribution in [1.82, 2.24) is 24.5 Å². The normalized spacial score (nSPS) is 17.0. The van der Waals surface area contributed by atoms with Crippen LogP contribution in [0.3, 0.4) is 0 Å². The van der Waals surface area contributed by atoms with E-state index in [1.807, 2.05) is 0 Å². The number of hydrogen-bond donors (Lipinski definition) is 2. The van der Waals surface area contributed by atoms with Crippen LogP contribution >= 0.6 is 0 Å². The molecule has 3 heterocycles. The third kappa shape index (κ3) is 2.31. The van der Waals surface area contributed by atoms with Crippen LogP contribution in [0.1, 0.15) is 0 Å². The van der Waals surface area contributed by atoms with Gasteiger partial charge in [-0.25, -0.2) is 8.42 Å². The predicted octanol–water partition coefficient (Wildman–Crippen LogP) is 0.109. The Kier molecular flexibility index (Phi) is 3.18. The van der Waals surface area contributed by atoms with Gasteiger partial charge in [0.25, 0.3) is 0 Å². The van der Waals surface area contributed by atoms with Crippen molar-refractivity contribution in [1.29, 1.82) is 0 Å². The fraction of sp³-hybridized carbons (Fsp3) is 0.308. The van der Waals surface area contributed by atoms with Crippen molar-refractivity contribution < 1.29 is 13.2 Å². The van der Waals surface area contributed by atoms with E-state index in [2.05, 4.69) is 20.2 Å². The lowest BCUT2D eigenvalue weighted by atomic mass is 10.2. The number of aromatic nitrogens is 4. The van der Waals surface area contributed by atoms with Crippen molar-refractivity contribution >= 4 is 38.0 Å². The molecule has 120 valence electrons. The van der Waals surface area contributed by atoms with E-state index in [-0.39, 0.29) is 10.8 Å². The standard InChI is InChI=1S/C13H14N6O3S/c14-13-16-12-11(17-18-13)9-7-8(1-2-10(9)15-12)23(20,21)19-3-5-22-6-4-19/h1-2,7H,3-6H2,(H3,14,15,16,18). The number of hydrogen-bond acceptors (Lipinski definition) is 7. The molecule has 0 amide bonds. The average Bonchev–Trinajstić information content (AvgIpc) is 2.92. The molecule has 1 fully saturated rings. The molecule has 0 spiro atoms. The molecule has 0 saturated carbocycles. The van der Waals surface area contributed by atoms with Crippen LogP contribution in [0.5, 0.6) is 0 Å². The van der Waals surface area contributed by atoms with Gasteiger partial charge in [-0.15, -0.1) is 10.2 Å². The Morgan fingerprint density at radius 1 is 1.22 bits per heavy atom. The van der Waals surface area contributed by atoms with Crippen LogP contribution in [-0.2, 0) is 14.8 Å². The van der Waals surface area contributed by atoms with Gasteiger partial charge in [0.15, 0.2) is 5.65 Å². The molecule has 0 atom stereocenters. The molecular formula is C13H14N6O3S. The average molecular weight is 334 g/mol. The molecule has 0 aliphatic carbocycles. The Morgan fingerprint density at radius 2 is 2.00 bits per heavy atom. The summed E-state index contributed by atoms with van der Waals surface area (Å²) in [6.07, 6.45) is 0. The minimum absolute atomic E-state index is 0.0604. The maximum absolute atomic E-state index is 12.7. The number of fused-ring (bicyclic) bond motifs is 3. The monoisotopic (exact) mass is 334 g/mol. The minimum atomic E-state index is -3.56. The first kappa shape index (κ1) is 14.3. The second-order valence-electron chi connectivity index (χ2n) is 5.22. The van der Waals surface area contributed by atoms with Gasteiger partial charge < -0.3 is 15.5 Å². The Morgan fingerprint density at radius 3 is 2.78 bits per heavy atom. The van der Waals surface area contributed by atoms with E-state index in [0.29, 0.717) is 42.9 Å². The molecule has 10 heteroatoms. The third-order valence-corrected chi connectivity index (χ3v) is 5.70. The fourth-order valence-corrected chi connectivity index (χ4v) is 4.09. The molecule has 3 N–H and O–H groups in total. The first-order chi connectivity index (χ1) is 11.1. The van der Waals surface area contributed by atoms with Gasteiger partial charge in [0, 0.05) is 24.0 Å². The molecule has 23 heavy (non-hydrogen) atoms. The number of nitrogens with zero attached hydrogens (tertiary/aromatic N) is 4. The first-order valence-corrected chi connectivity index (χ1v) is 8.49. The van der Waals surface area contributed by atoms with E-state index in [9.17, 15) is 8.42 Å². The smallest absolute Gasteiger partial charge is 0.243 e. The molecule has 0 bridgehead atoms. The maximum atomic E-state index is 12.7. The predicted molar refractivity (Wildman–Crippen MR) is 83.2 cm³/mol. The van der Waals surface area contributed by atoms with Gasteiger partial charge in [0.2, 0.25) is 16.0 Å². The SMILES string of the molecule is Nc1nnc2c(n1)[nH]c1ccc(S(=O)(=O)N3CCOCC3)cc12. The highest BCUT2D eigenvalue weighted by molar-refractivity contribution is 7.89. The summed E-state index contributed by atoms with van der Waals surface area (Å²) in [4.78, 5) is 7.34. The lowest BCUT2D eigenvalue weighted by molar-refractivity contribution is 0.0730. The number of morpholine rings is 1. The summed E-state index contributed by atoms with van der Waals surface area (Å²) < 4.78 is 32.1. The largest absolute Gasteiger partial charge is 0.379 e. The quantitative estimate of drug-likeness (QED) is 0.681. The van der Waals surface area contributed by atoms with Crippen molar-refractivity contribution in [3.63, 3.8) is 0 Å². The summed E-state index contributed by atoms with van der Waals surface area (Å²) >= 11 is 0. The molecular weight excluding hydrogens is 320 g/mol. The number of anilines is 1. The van der Waals surface area contributed by atoms with Gasteiger partial charge in [-0.3, -0.25) is 0 Å². The summed E-state index contributed by atoms with van der Waals surface area (Å²) in [5, 5.41) is 8.39. The van der Waals surface area contributed by atoms with Crippen LogP contribution in [0.2, 0.25) is 0 Å². The van der Waals surface area contributed by atoms with E-state index in [1.54, 1.807) is 18.2 Å². The Hall–Kier alpha value is -2.30. The van der Waals surface area contributed by atoms with E-state index in [0.717, 1.165) is 5.52 Å². The molecule has 0 unspecified atom stereocenters. The third-order valence-electron chi connectivity index (χ3n) is 3.81. The van der Waals surface area contributed by atoms with Crippen molar-refractivity contribution in [3.05, 3.63) is 18.2 Å². The summed E-state index contributed by atoms with van der Waals surface area (Å²) in [5.41, 5.74) is 7.23. The number of H-pyrrole nitrogens is 1. The molecule has 1 aliphatic rings. The zero-order valence-corrected chi connectivity index (χ0v) is 12.9. The molecule has 0 radical (unpaired) electrons. The Labute approximate surface area is 131 Å². The van der Waals surface area contributed by atoms with E-state index >= 15 is 0 Å². The van der Waals surface area contributed by atoms with Gasteiger partial charge in [-0.2, -0.15) is 9.29 Å². The fourth-order valence-electron chi connectivity index (χ4n) is 2.66. The minimum Gasteiger partial charge on any atom is -0.379 e. The van der Waals surface area contributed by atoms with Gasteiger partial charge in [0.1, 0.15) is 5.52 Å². The van der Waals surface area contributed by atoms with Crippen molar-refractivity contribution in [2.75, 3.05) is 32.0 Å². The number of nitrogens with one attached hydrogen (secondary N) is 1. The molecule has 9 nitrogen and oxygen atoms in total. The van der Waals surface area contributed by atoms with Crippen LogP contribution in [0.25, 0.3) is 22.1 Å². The summed E-state index contributed by atoms with van der Waals surface area (Å²) in [6, 6.07) is 4.85. The zero-order valence-electron chi connectivity index (χ0n) is 12.1. The number of aromatic amines is 1. The van der Waals surface area contributed by atoms with Crippen LogP contribution in [-0.4, -0.2) is 59.2 Å². The second-order valence-corrected chi connectivity index (χ2v) is 7.15. The van der Waals surface area contributed by atoms with Crippen LogP contribution in [0.4, 0.5) is 5.95 Å². The zero-order chi connectivity index (χ0) is 16.0. The molecule has 1 saturated heterocycles. The van der Waals surface area contributed by atoms with Gasteiger partial charge in [-0.1, -0.05) is 0 Å². The van der Waals surface area contributed by atoms with E-state index in [1.165, 1.54) is 4.31 Å². The second kappa shape index (κ2) is 5.11. The van der Waals surface area contributed by atoms with Crippen LogP contribution < -0.4 is 5.73 Å². The molecule has 2 aromatic heterocycles. The Bertz CT molecular complexity index is 994. The number of nitrogens with two attached hydrogens (primary N) is 1. The van der Waals surface area contributed by atoms with Crippen molar-refractivity contribution in [2.45, 2.75) is 4.90 Å².